The average molecular weight is 180 g/mol. The van der Waals surface area contributed by atoms with Crippen molar-refractivity contribution in [2.75, 3.05) is 0 Å². The van der Waals surface area contributed by atoms with Crippen LogP contribution in [0.15, 0.2) is 6.07 Å². The summed E-state index contributed by atoms with van der Waals surface area (Å²) in [5, 5.41) is 4.52. The van der Waals surface area contributed by atoms with Crippen LogP contribution in [-0.2, 0) is 12.5 Å². The van der Waals surface area contributed by atoms with Crippen molar-refractivity contribution in [2.24, 2.45) is 7.05 Å². The van der Waals surface area contributed by atoms with E-state index < -0.39 is 0 Å². The molecule has 1 aromatic heterocycles. The van der Waals surface area contributed by atoms with Crippen molar-refractivity contribution in [1.82, 2.24) is 9.78 Å². The molecule has 0 saturated heterocycles. The summed E-state index contributed by atoms with van der Waals surface area (Å²) in [6.07, 6.45) is 2.41. The van der Waals surface area contributed by atoms with Gasteiger partial charge < -0.3 is 0 Å². The fourth-order valence-electron chi connectivity index (χ4n) is 1.64. The molecule has 74 valence electrons. The van der Waals surface area contributed by atoms with Crippen LogP contribution in [0, 0.1) is 6.92 Å². The third-order valence-electron chi connectivity index (χ3n) is 2.68. The standard InChI is InChI=1S/C11H20N2/c1-6-7-11(3,4)10-8-9(2)13(5)12-10/h8H,6-7H2,1-5H3. The maximum Gasteiger partial charge on any atom is 0.0683 e. The lowest BCUT2D eigenvalue weighted by Crippen LogP contribution is -2.17. The molecule has 0 radical (unpaired) electrons. The molecule has 0 aromatic carbocycles. The third kappa shape index (κ3) is 2.11. The average Bonchev–Trinajstić information content (AvgIpc) is 2.33. The van der Waals surface area contributed by atoms with Crippen molar-refractivity contribution in [3.8, 4) is 0 Å². The molecule has 13 heavy (non-hydrogen) atoms. The Bertz CT molecular complexity index is 265. The number of aromatic nitrogens is 2. The van der Waals surface area contributed by atoms with Gasteiger partial charge in [-0.2, -0.15) is 5.10 Å². The maximum absolute atomic E-state index is 4.52. The Balaban J connectivity index is 2.93. The normalized spacial score (nSPS) is 12.1. The molecule has 0 unspecified atom stereocenters. The van der Waals surface area contributed by atoms with Gasteiger partial charge in [-0.1, -0.05) is 27.2 Å². The van der Waals surface area contributed by atoms with Gasteiger partial charge in [0, 0.05) is 18.2 Å². The Morgan fingerprint density at radius 2 is 2.08 bits per heavy atom. The Hall–Kier alpha value is -0.790. The van der Waals surface area contributed by atoms with Crippen molar-refractivity contribution in [2.45, 2.75) is 46.0 Å². The SMILES string of the molecule is CCCC(C)(C)c1cc(C)n(C)n1. The van der Waals surface area contributed by atoms with E-state index in [1.165, 1.54) is 24.2 Å². The van der Waals surface area contributed by atoms with Crippen LogP contribution in [0.4, 0.5) is 0 Å². The van der Waals surface area contributed by atoms with Crippen molar-refractivity contribution in [1.29, 1.82) is 0 Å². The highest BCUT2D eigenvalue weighted by atomic mass is 15.3. The zero-order valence-corrected chi connectivity index (χ0v) is 9.39. The smallest absolute Gasteiger partial charge is 0.0683 e. The molecule has 1 heterocycles. The van der Waals surface area contributed by atoms with Gasteiger partial charge in [0.1, 0.15) is 0 Å². The van der Waals surface area contributed by atoms with Gasteiger partial charge in [0.15, 0.2) is 0 Å². The van der Waals surface area contributed by atoms with Crippen molar-refractivity contribution in [3.63, 3.8) is 0 Å². The van der Waals surface area contributed by atoms with Crippen LogP contribution in [0.2, 0.25) is 0 Å². The predicted molar refractivity (Wildman–Crippen MR) is 55.9 cm³/mol. The Labute approximate surface area is 81.0 Å². The van der Waals surface area contributed by atoms with Crippen molar-refractivity contribution < 1.29 is 0 Å². The summed E-state index contributed by atoms with van der Waals surface area (Å²) in [5.41, 5.74) is 2.68. The van der Waals surface area contributed by atoms with Crippen LogP contribution in [0.3, 0.4) is 0 Å². The van der Waals surface area contributed by atoms with Gasteiger partial charge in [0.25, 0.3) is 0 Å². The Morgan fingerprint density at radius 1 is 1.46 bits per heavy atom. The first-order valence-corrected chi connectivity index (χ1v) is 4.98. The molecule has 0 spiro atoms. The second-order valence-corrected chi connectivity index (χ2v) is 4.43. The number of nitrogens with zero attached hydrogens (tertiary/aromatic N) is 2. The van der Waals surface area contributed by atoms with Crippen LogP contribution in [0.25, 0.3) is 0 Å². The molecule has 0 saturated carbocycles. The zero-order valence-electron chi connectivity index (χ0n) is 9.39. The zero-order chi connectivity index (χ0) is 10.1. The molecule has 0 amide bonds. The molecule has 0 N–H and O–H groups in total. The monoisotopic (exact) mass is 180 g/mol. The van der Waals surface area contributed by atoms with Gasteiger partial charge in [0.05, 0.1) is 5.69 Å². The van der Waals surface area contributed by atoms with Gasteiger partial charge in [-0.05, 0) is 19.4 Å². The van der Waals surface area contributed by atoms with E-state index >= 15 is 0 Å². The molecular formula is C11H20N2. The van der Waals surface area contributed by atoms with Crippen LogP contribution >= 0.6 is 0 Å². The highest BCUT2D eigenvalue weighted by Gasteiger charge is 2.22. The minimum Gasteiger partial charge on any atom is -0.273 e. The van der Waals surface area contributed by atoms with Gasteiger partial charge in [-0.25, -0.2) is 0 Å². The van der Waals surface area contributed by atoms with Crippen molar-refractivity contribution >= 4 is 0 Å². The number of rotatable bonds is 3. The summed E-state index contributed by atoms with van der Waals surface area (Å²) >= 11 is 0. The lowest BCUT2D eigenvalue weighted by Gasteiger charge is -2.20. The lowest BCUT2D eigenvalue weighted by atomic mass is 9.84. The first-order valence-electron chi connectivity index (χ1n) is 4.98. The molecule has 0 aliphatic carbocycles. The van der Waals surface area contributed by atoms with E-state index in [4.69, 9.17) is 0 Å². The van der Waals surface area contributed by atoms with E-state index in [2.05, 4.69) is 38.9 Å². The minimum atomic E-state index is 0.223. The highest BCUT2D eigenvalue weighted by molar-refractivity contribution is 5.17. The van der Waals surface area contributed by atoms with Gasteiger partial charge in [-0.15, -0.1) is 0 Å². The van der Waals surface area contributed by atoms with E-state index in [1.807, 2.05) is 11.7 Å². The van der Waals surface area contributed by atoms with Crippen LogP contribution in [0.5, 0.6) is 0 Å². The Kier molecular flexibility index (Phi) is 2.79. The fraction of sp³-hybridized carbons (Fsp3) is 0.727. The van der Waals surface area contributed by atoms with Gasteiger partial charge in [0.2, 0.25) is 0 Å². The maximum atomic E-state index is 4.52. The summed E-state index contributed by atoms with van der Waals surface area (Å²) in [5.74, 6) is 0. The minimum absolute atomic E-state index is 0.223. The fourth-order valence-corrected chi connectivity index (χ4v) is 1.64. The predicted octanol–water partition coefficient (Wildman–Crippen LogP) is 2.81. The molecule has 0 fully saturated rings. The first kappa shape index (κ1) is 10.3. The molecule has 0 aliphatic heterocycles. The molecule has 1 aromatic rings. The number of aryl methyl sites for hydroxylation is 2. The van der Waals surface area contributed by atoms with E-state index in [0.29, 0.717) is 0 Å². The lowest BCUT2D eigenvalue weighted by molar-refractivity contribution is 0.453. The Morgan fingerprint density at radius 3 is 2.46 bits per heavy atom. The van der Waals surface area contributed by atoms with Crippen LogP contribution in [-0.4, -0.2) is 9.78 Å². The first-order chi connectivity index (χ1) is 5.97. The molecule has 2 heteroatoms. The highest BCUT2D eigenvalue weighted by Crippen LogP contribution is 2.27. The van der Waals surface area contributed by atoms with Crippen molar-refractivity contribution in [3.05, 3.63) is 17.5 Å². The quantitative estimate of drug-likeness (QED) is 0.699. The van der Waals surface area contributed by atoms with Gasteiger partial charge in [-0.3, -0.25) is 4.68 Å². The van der Waals surface area contributed by atoms with E-state index in [0.717, 1.165) is 0 Å². The molecular weight excluding hydrogens is 160 g/mol. The van der Waals surface area contributed by atoms with Gasteiger partial charge >= 0.3 is 0 Å². The number of hydrogen-bond acceptors (Lipinski definition) is 1. The summed E-state index contributed by atoms with van der Waals surface area (Å²) in [6.45, 7) is 8.84. The largest absolute Gasteiger partial charge is 0.273 e. The van der Waals surface area contributed by atoms with Crippen LogP contribution in [0.1, 0.15) is 45.0 Å². The molecule has 2 nitrogen and oxygen atoms in total. The number of hydrogen-bond donors (Lipinski definition) is 0. The topological polar surface area (TPSA) is 17.8 Å². The summed E-state index contributed by atoms with van der Waals surface area (Å²) in [7, 11) is 2.00. The molecule has 0 atom stereocenters. The summed E-state index contributed by atoms with van der Waals surface area (Å²) in [6, 6.07) is 2.19. The second-order valence-electron chi connectivity index (χ2n) is 4.43. The molecule has 1 rings (SSSR count). The van der Waals surface area contributed by atoms with E-state index in [9.17, 15) is 0 Å². The third-order valence-corrected chi connectivity index (χ3v) is 2.68. The van der Waals surface area contributed by atoms with E-state index in [1.54, 1.807) is 0 Å². The second kappa shape index (κ2) is 3.52. The summed E-state index contributed by atoms with van der Waals surface area (Å²) in [4.78, 5) is 0. The van der Waals surface area contributed by atoms with E-state index in [-0.39, 0.29) is 5.41 Å². The molecule has 0 aliphatic rings. The summed E-state index contributed by atoms with van der Waals surface area (Å²) < 4.78 is 1.95. The molecule has 0 bridgehead atoms. The van der Waals surface area contributed by atoms with Crippen LogP contribution < -0.4 is 0 Å².